The molecule has 7 heteroatoms. The predicted octanol–water partition coefficient (Wildman–Crippen LogP) is 3.71. The van der Waals surface area contributed by atoms with E-state index >= 15 is 0 Å². The normalized spacial score (nSPS) is 16.6. The summed E-state index contributed by atoms with van der Waals surface area (Å²) in [5, 5.41) is 5.16. The van der Waals surface area contributed by atoms with Crippen LogP contribution in [-0.2, 0) is 0 Å². The van der Waals surface area contributed by atoms with Gasteiger partial charge >= 0.3 is 6.03 Å². The van der Waals surface area contributed by atoms with Crippen LogP contribution >= 0.6 is 0 Å². The minimum atomic E-state index is -0.131. The number of nitrogens with zero attached hydrogens (tertiary/aromatic N) is 3. The highest BCUT2D eigenvalue weighted by atomic mass is 16.5. The Morgan fingerprint density at radius 3 is 2.86 bits per heavy atom. The quantitative estimate of drug-likeness (QED) is 0.749. The Kier molecular flexibility index (Phi) is 5.23. The van der Waals surface area contributed by atoms with Crippen LogP contribution in [0.1, 0.15) is 12.8 Å². The molecule has 1 fully saturated rings. The van der Waals surface area contributed by atoms with Crippen molar-refractivity contribution in [1.82, 2.24) is 14.9 Å². The second kappa shape index (κ2) is 8.12. The van der Waals surface area contributed by atoms with Gasteiger partial charge in [0.05, 0.1) is 31.7 Å². The molecule has 2 amide bonds. The first-order valence-corrected chi connectivity index (χ1v) is 9.29. The Balaban J connectivity index is 1.43. The molecule has 0 saturated carbocycles. The van der Waals surface area contributed by atoms with Gasteiger partial charge in [-0.3, -0.25) is 4.98 Å². The smallest absolute Gasteiger partial charge is 0.321 e. The van der Waals surface area contributed by atoms with Gasteiger partial charge < -0.3 is 19.7 Å². The lowest BCUT2D eigenvalue weighted by Gasteiger charge is -2.32. The standard InChI is InChI=1S/C21H22N4O3/c1-27-19-12-22-13-20(24-19)28-16-8-5-11-25(14-16)21(26)23-18-10-4-7-15-6-2-3-9-17(15)18/h2-4,6-7,9-10,12-13,16H,5,8,11,14H2,1H3,(H,23,26). The zero-order valence-corrected chi connectivity index (χ0v) is 15.7. The number of amides is 2. The van der Waals surface area contributed by atoms with Crippen LogP contribution in [0.3, 0.4) is 0 Å². The molecule has 7 nitrogen and oxygen atoms in total. The topological polar surface area (TPSA) is 76.6 Å². The first-order chi connectivity index (χ1) is 13.7. The monoisotopic (exact) mass is 378 g/mol. The number of carbonyl (C=O) groups is 1. The summed E-state index contributed by atoms with van der Waals surface area (Å²) in [6.07, 6.45) is 4.67. The third kappa shape index (κ3) is 3.98. The maximum Gasteiger partial charge on any atom is 0.321 e. The highest BCUT2D eigenvalue weighted by Crippen LogP contribution is 2.24. The van der Waals surface area contributed by atoms with Gasteiger partial charge in [-0.1, -0.05) is 36.4 Å². The SMILES string of the molecule is COc1cncc(OC2CCCN(C(=O)Nc3cccc4ccccc34)C2)n1. The van der Waals surface area contributed by atoms with Crippen molar-refractivity contribution in [1.29, 1.82) is 0 Å². The number of hydrogen-bond acceptors (Lipinski definition) is 5. The molecular weight excluding hydrogens is 356 g/mol. The Hall–Kier alpha value is -3.35. The zero-order chi connectivity index (χ0) is 19.3. The molecule has 1 aliphatic rings. The van der Waals surface area contributed by atoms with Crippen molar-refractivity contribution in [2.75, 3.05) is 25.5 Å². The zero-order valence-electron chi connectivity index (χ0n) is 15.7. The number of anilines is 1. The van der Waals surface area contributed by atoms with Gasteiger partial charge in [0, 0.05) is 11.9 Å². The maximum atomic E-state index is 12.8. The average Bonchev–Trinajstić information content (AvgIpc) is 2.74. The Bertz CT molecular complexity index is 973. The average molecular weight is 378 g/mol. The second-order valence-electron chi connectivity index (χ2n) is 6.68. The van der Waals surface area contributed by atoms with E-state index in [9.17, 15) is 4.79 Å². The minimum Gasteiger partial charge on any atom is -0.480 e. The maximum absolute atomic E-state index is 12.8. The van der Waals surface area contributed by atoms with Gasteiger partial charge in [0.25, 0.3) is 0 Å². The second-order valence-corrected chi connectivity index (χ2v) is 6.68. The summed E-state index contributed by atoms with van der Waals surface area (Å²) in [5.41, 5.74) is 0.810. The van der Waals surface area contributed by atoms with E-state index in [2.05, 4.69) is 15.3 Å². The Morgan fingerprint density at radius 2 is 1.96 bits per heavy atom. The van der Waals surface area contributed by atoms with Gasteiger partial charge in [-0.25, -0.2) is 4.79 Å². The fraction of sp³-hybridized carbons (Fsp3) is 0.286. The molecule has 1 N–H and O–H groups in total. The summed E-state index contributed by atoms with van der Waals surface area (Å²) < 4.78 is 11.0. The van der Waals surface area contributed by atoms with Gasteiger partial charge in [0.2, 0.25) is 11.8 Å². The van der Waals surface area contributed by atoms with E-state index in [-0.39, 0.29) is 12.1 Å². The van der Waals surface area contributed by atoms with Gasteiger partial charge in [-0.2, -0.15) is 4.98 Å². The number of piperidine rings is 1. The van der Waals surface area contributed by atoms with Crippen molar-refractivity contribution in [2.24, 2.45) is 0 Å². The van der Waals surface area contributed by atoms with E-state index in [4.69, 9.17) is 9.47 Å². The lowest BCUT2D eigenvalue weighted by molar-refractivity contribution is 0.101. The van der Waals surface area contributed by atoms with E-state index in [1.165, 1.54) is 13.3 Å². The molecule has 1 saturated heterocycles. The van der Waals surface area contributed by atoms with Crippen molar-refractivity contribution < 1.29 is 14.3 Å². The fourth-order valence-electron chi connectivity index (χ4n) is 3.40. The summed E-state index contributed by atoms with van der Waals surface area (Å²) in [6, 6.07) is 13.8. The lowest BCUT2D eigenvalue weighted by Crippen LogP contribution is -2.46. The Labute approximate surface area is 163 Å². The van der Waals surface area contributed by atoms with Crippen molar-refractivity contribution in [3.05, 3.63) is 54.9 Å². The number of aromatic nitrogens is 2. The van der Waals surface area contributed by atoms with Gasteiger partial charge in [0.15, 0.2) is 0 Å². The molecule has 0 bridgehead atoms. The van der Waals surface area contributed by atoms with Crippen molar-refractivity contribution >= 4 is 22.5 Å². The van der Waals surface area contributed by atoms with E-state index < -0.39 is 0 Å². The molecule has 1 aromatic heterocycles. The number of methoxy groups -OCH3 is 1. The molecular formula is C21H22N4O3. The largest absolute Gasteiger partial charge is 0.480 e. The molecule has 1 aliphatic heterocycles. The molecule has 0 spiro atoms. The summed E-state index contributed by atoms with van der Waals surface area (Å²) >= 11 is 0. The lowest BCUT2D eigenvalue weighted by atomic mass is 10.1. The van der Waals surface area contributed by atoms with E-state index in [1.807, 2.05) is 42.5 Å². The van der Waals surface area contributed by atoms with Crippen molar-refractivity contribution in [3.8, 4) is 11.8 Å². The number of rotatable bonds is 4. The van der Waals surface area contributed by atoms with Crippen molar-refractivity contribution in [3.63, 3.8) is 0 Å². The van der Waals surface area contributed by atoms with Crippen molar-refractivity contribution in [2.45, 2.75) is 18.9 Å². The molecule has 1 atom stereocenters. The third-order valence-electron chi connectivity index (χ3n) is 4.78. The predicted molar refractivity (Wildman–Crippen MR) is 107 cm³/mol. The number of ether oxygens (including phenoxy) is 2. The molecule has 2 aromatic carbocycles. The molecule has 28 heavy (non-hydrogen) atoms. The summed E-state index contributed by atoms with van der Waals surface area (Å²) in [6.45, 7) is 1.19. The van der Waals surface area contributed by atoms with E-state index in [1.54, 1.807) is 11.1 Å². The van der Waals surface area contributed by atoms with Crippen LogP contribution in [0.4, 0.5) is 10.5 Å². The molecule has 0 radical (unpaired) electrons. The van der Waals surface area contributed by atoms with E-state index in [0.717, 1.165) is 29.3 Å². The van der Waals surface area contributed by atoms with Crippen LogP contribution < -0.4 is 14.8 Å². The molecule has 144 valence electrons. The van der Waals surface area contributed by atoms with Gasteiger partial charge in [-0.05, 0) is 24.3 Å². The van der Waals surface area contributed by atoms with Crippen LogP contribution in [-0.4, -0.2) is 47.2 Å². The summed E-state index contributed by atoms with van der Waals surface area (Å²) in [5.74, 6) is 0.805. The van der Waals surface area contributed by atoms with Gasteiger partial charge in [-0.15, -0.1) is 0 Å². The number of urea groups is 1. The highest BCUT2D eigenvalue weighted by Gasteiger charge is 2.25. The number of hydrogen-bond donors (Lipinski definition) is 1. The number of likely N-dealkylation sites (tertiary alicyclic amines) is 1. The van der Waals surface area contributed by atoms with E-state index in [0.29, 0.717) is 24.8 Å². The summed E-state index contributed by atoms with van der Waals surface area (Å²) in [7, 11) is 1.54. The molecule has 3 aromatic rings. The van der Waals surface area contributed by atoms with Crippen LogP contribution in [0, 0.1) is 0 Å². The first kappa shape index (κ1) is 18.0. The molecule has 1 unspecified atom stereocenters. The summed E-state index contributed by atoms with van der Waals surface area (Å²) in [4.78, 5) is 22.9. The molecule has 2 heterocycles. The number of carbonyl (C=O) groups excluding carboxylic acids is 1. The van der Waals surface area contributed by atoms with Crippen LogP contribution in [0.15, 0.2) is 54.9 Å². The van der Waals surface area contributed by atoms with Crippen LogP contribution in [0.2, 0.25) is 0 Å². The highest BCUT2D eigenvalue weighted by molar-refractivity contribution is 6.01. The number of nitrogens with one attached hydrogen (secondary N) is 1. The third-order valence-corrected chi connectivity index (χ3v) is 4.78. The Morgan fingerprint density at radius 1 is 1.14 bits per heavy atom. The molecule has 0 aliphatic carbocycles. The number of fused-ring (bicyclic) bond motifs is 1. The van der Waals surface area contributed by atoms with Crippen LogP contribution in [0.5, 0.6) is 11.8 Å². The first-order valence-electron chi connectivity index (χ1n) is 9.29. The fourth-order valence-corrected chi connectivity index (χ4v) is 3.40. The minimum absolute atomic E-state index is 0.124. The number of benzene rings is 2. The van der Waals surface area contributed by atoms with Gasteiger partial charge in [0.1, 0.15) is 6.10 Å². The molecule has 4 rings (SSSR count). The van der Waals surface area contributed by atoms with Crippen LogP contribution in [0.25, 0.3) is 10.8 Å².